The molecule has 0 spiro atoms. The molecule has 1 fully saturated rings. The first-order valence-corrected chi connectivity index (χ1v) is 7.09. The topological polar surface area (TPSA) is 99.2 Å². The molecule has 0 bridgehead atoms. The zero-order chi connectivity index (χ0) is 15.7. The first-order valence-electron chi connectivity index (χ1n) is 7.09. The molecule has 1 aromatic heterocycles. The van der Waals surface area contributed by atoms with Crippen molar-refractivity contribution in [2.24, 2.45) is 0 Å². The maximum Gasteiger partial charge on any atom is 0.326 e. The summed E-state index contributed by atoms with van der Waals surface area (Å²) in [7, 11) is 0. The van der Waals surface area contributed by atoms with E-state index in [-0.39, 0.29) is 11.9 Å². The number of carboxylic acids is 1. The summed E-state index contributed by atoms with van der Waals surface area (Å²) in [5.41, 5.74) is 1.29. The Morgan fingerprint density at radius 1 is 1.32 bits per heavy atom. The summed E-state index contributed by atoms with van der Waals surface area (Å²) in [5.74, 6) is -0.614. The zero-order valence-electron chi connectivity index (χ0n) is 12.1. The van der Waals surface area contributed by atoms with Crippen molar-refractivity contribution >= 4 is 11.9 Å². The normalized spacial score (nSPS) is 15.3. The van der Waals surface area contributed by atoms with Crippen LogP contribution in [0.3, 0.4) is 0 Å². The quantitative estimate of drug-likeness (QED) is 0.872. The Morgan fingerprint density at radius 3 is 2.50 bits per heavy atom. The van der Waals surface area contributed by atoms with Gasteiger partial charge >= 0.3 is 5.97 Å². The van der Waals surface area contributed by atoms with Crippen molar-refractivity contribution in [3.8, 4) is 11.4 Å². The van der Waals surface area contributed by atoms with Gasteiger partial charge in [-0.1, -0.05) is 12.1 Å². The minimum absolute atomic E-state index is 0.0348. The standard InChI is InChI=1S/C15H16N4O3/c1-9(15(21)22)19(12-6-7-12)14(20)11-4-2-10(3-5-11)13-16-8-17-18-13/h2-5,8-9,12H,6-7H2,1H3,(H,21,22)(H,16,17,18). The number of nitrogens with zero attached hydrogens (tertiary/aromatic N) is 3. The van der Waals surface area contributed by atoms with E-state index in [1.165, 1.54) is 11.2 Å². The molecule has 0 radical (unpaired) electrons. The minimum Gasteiger partial charge on any atom is -0.480 e. The Labute approximate surface area is 127 Å². The van der Waals surface area contributed by atoms with Crippen LogP contribution in [0.2, 0.25) is 0 Å². The molecule has 114 valence electrons. The van der Waals surface area contributed by atoms with Crippen LogP contribution in [0.1, 0.15) is 30.1 Å². The highest BCUT2D eigenvalue weighted by Crippen LogP contribution is 2.30. The van der Waals surface area contributed by atoms with E-state index < -0.39 is 12.0 Å². The highest BCUT2D eigenvalue weighted by Gasteiger charge is 2.38. The van der Waals surface area contributed by atoms with Gasteiger partial charge in [0.25, 0.3) is 5.91 Å². The van der Waals surface area contributed by atoms with Crippen LogP contribution in [0, 0.1) is 0 Å². The molecule has 1 saturated carbocycles. The Balaban J connectivity index is 1.83. The molecule has 1 unspecified atom stereocenters. The number of H-pyrrole nitrogens is 1. The van der Waals surface area contributed by atoms with Crippen molar-refractivity contribution in [1.29, 1.82) is 0 Å². The number of carboxylic acid groups (broad SMARTS) is 1. The molecule has 2 aromatic rings. The second-order valence-corrected chi connectivity index (χ2v) is 5.37. The van der Waals surface area contributed by atoms with E-state index in [9.17, 15) is 14.7 Å². The number of aromatic amines is 1. The van der Waals surface area contributed by atoms with E-state index in [0.717, 1.165) is 18.4 Å². The predicted molar refractivity (Wildman–Crippen MR) is 78.1 cm³/mol. The van der Waals surface area contributed by atoms with Gasteiger partial charge in [-0.3, -0.25) is 9.89 Å². The highest BCUT2D eigenvalue weighted by atomic mass is 16.4. The molecule has 7 heteroatoms. The molecular weight excluding hydrogens is 284 g/mol. The number of hydrogen-bond acceptors (Lipinski definition) is 4. The molecule has 1 aliphatic rings. The monoisotopic (exact) mass is 300 g/mol. The summed E-state index contributed by atoms with van der Waals surface area (Å²) in [6.07, 6.45) is 3.14. The Hall–Kier alpha value is -2.70. The highest BCUT2D eigenvalue weighted by molar-refractivity contribution is 5.97. The van der Waals surface area contributed by atoms with Crippen LogP contribution in [0.5, 0.6) is 0 Å². The molecule has 1 aliphatic carbocycles. The number of rotatable bonds is 5. The number of benzene rings is 1. The van der Waals surface area contributed by atoms with E-state index >= 15 is 0 Å². The van der Waals surface area contributed by atoms with Gasteiger partial charge in [0.2, 0.25) is 0 Å². The van der Waals surface area contributed by atoms with E-state index in [4.69, 9.17) is 0 Å². The fourth-order valence-corrected chi connectivity index (χ4v) is 2.39. The third-order valence-corrected chi connectivity index (χ3v) is 3.77. The number of aromatic nitrogens is 3. The molecule has 1 heterocycles. The van der Waals surface area contributed by atoms with Crippen molar-refractivity contribution in [1.82, 2.24) is 20.1 Å². The van der Waals surface area contributed by atoms with Crippen LogP contribution in [0.25, 0.3) is 11.4 Å². The summed E-state index contributed by atoms with van der Waals surface area (Å²) in [5, 5.41) is 15.7. The summed E-state index contributed by atoms with van der Waals surface area (Å²) in [6, 6.07) is 6.12. The van der Waals surface area contributed by atoms with Crippen molar-refractivity contribution in [2.75, 3.05) is 0 Å². The lowest BCUT2D eigenvalue weighted by molar-refractivity contribution is -0.141. The molecular formula is C15H16N4O3. The zero-order valence-corrected chi connectivity index (χ0v) is 12.1. The fourth-order valence-electron chi connectivity index (χ4n) is 2.39. The first-order chi connectivity index (χ1) is 10.6. The van der Waals surface area contributed by atoms with Gasteiger partial charge in [0.1, 0.15) is 12.4 Å². The number of carbonyl (C=O) groups excluding carboxylic acids is 1. The molecule has 7 nitrogen and oxygen atoms in total. The fraction of sp³-hybridized carbons (Fsp3) is 0.333. The average Bonchev–Trinajstić information content (AvgIpc) is 3.19. The summed E-state index contributed by atoms with van der Waals surface area (Å²) >= 11 is 0. The maximum atomic E-state index is 12.6. The lowest BCUT2D eigenvalue weighted by Crippen LogP contribution is -2.44. The van der Waals surface area contributed by atoms with Crippen molar-refractivity contribution < 1.29 is 14.7 Å². The summed E-state index contributed by atoms with van der Waals surface area (Å²) in [4.78, 5) is 29.3. The Morgan fingerprint density at radius 2 is 2.00 bits per heavy atom. The number of aliphatic carboxylic acids is 1. The first kappa shape index (κ1) is 14.2. The number of hydrogen-bond donors (Lipinski definition) is 2. The second kappa shape index (κ2) is 5.59. The van der Waals surface area contributed by atoms with Gasteiger partial charge in [0.15, 0.2) is 5.82 Å². The Bertz CT molecular complexity index is 677. The van der Waals surface area contributed by atoms with E-state index in [0.29, 0.717) is 11.4 Å². The largest absolute Gasteiger partial charge is 0.480 e. The molecule has 0 saturated heterocycles. The van der Waals surface area contributed by atoms with Gasteiger partial charge in [-0.2, -0.15) is 5.10 Å². The molecule has 2 N–H and O–H groups in total. The molecule has 1 aromatic carbocycles. The van der Waals surface area contributed by atoms with Gasteiger partial charge in [-0.05, 0) is 31.9 Å². The van der Waals surface area contributed by atoms with Crippen molar-refractivity contribution in [3.05, 3.63) is 36.2 Å². The molecule has 1 amide bonds. The minimum atomic E-state index is -0.987. The van der Waals surface area contributed by atoms with Crippen LogP contribution in [-0.4, -0.2) is 49.1 Å². The van der Waals surface area contributed by atoms with Crippen LogP contribution in [0.4, 0.5) is 0 Å². The van der Waals surface area contributed by atoms with Gasteiger partial charge < -0.3 is 10.0 Å². The number of carbonyl (C=O) groups is 2. The number of amides is 1. The van der Waals surface area contributed by atoms with Crippen LogP contribution >= 0.6 is 0 Å². The summed E-state index contributed by atoms with van der Waals surface area (Å²) in [6.45, 7) is 1.54. The second-order valence-electron chi connectivity index (χ2n) is 5.37. The number of nitrogens with one attached hydrogen (secondary N) is 1. The van der Waals surface area contributed by atoms with Gasteiger partial charge in [0.05, 0.1) is 0 Å². The Kier molecular flexibility index (Phi) is 3.62. The van der Waals surface area contributed by atoms with E-state index in [1.54, 1.807) is 31.2 Å². The van der Waals surface area contributed by atoms with Gasteiger partial charge in [0, 0.05) is 17.2 Å². The van der Waals surface area contributed by atoms with Gasteiger partial charge in [-0.15, -0.1) is 0 Å². The molecule has 22 heavy (non-hydrogen) atoms. The van der Waals surface area contributed by atoms with Crippen LogP contribution < -0.4 is 0 Å². The maximum absolute atomic E-state index is 12.6. The third-order valence-electron chi connectivity index (χ3n) is 3.77. The SMILES string of the molecule is CC(C(=O)O)N(C(=O)c1ccc(-c2ncn[nH]2)cc1)C1CC1. The summed E-state index contributed by atoms with van der Waals surface area (Å²) < 4.78 is 0. The lowest BCUT2D eigenvalue weighted by Gasteiger charge is -2.26. The lowest BCUT2D eigenvalue weighted by atomic mass is 10.1. The average molecular weight is 300 g/mol. The smallest absolute Gasteiger partial charge is 0.326 e. The van der Waals surface area contributed by atoms with E-state index in [1.807, 2.05) is 0 Å². The molecule has 3 rings (SSSR count). The predicted octanol–water partition coefficient (Wildman–Crippen LogP) is 1.55. The van der Waals surface area contributed by atoms with E-state index in [2.05, 4.69) is 15.2 Å². The third kappa shape index (κ3) is 2.69. The van der Waals surface area contributed by atoms with Crippen molar-refractivity contribution in [2.45, 2.75) is 31.8 Å². The molecule has 1 atom stereocenters. The van der Waals surface area contributed by atoms with Crippen LogP contribution in [0.15, 0.2) is 30.6 Å². The van der Waals surface area contributed by atoms with Crippen LogP contribution in [-0.2, 0) is 4.79 Å². The van der Waals surface area contributed by atoms with Crippen molar-refractivity contribution in [3.63, 3.8) is 0 Å². The molecule has 0 aliphatic heterocycles. The van der Waals surface area contributed by atoms with Gasteiger partial charge in [-0.25, -0.2) is 9.78 Å².